The number of unbranched alkanes of at least 4 members (excludes halogenated alkanes) is 1. The number of nitrogens with one attached hydrogen (secondary N) is 1. The summed E-state index contributed by atoms with van der Waals surface area (Å²) in [4.78, 5) is 14.6. The molecule has 144 valence electrons. The maximum absolute atomic E-state index is 12.9. The molecule has 2 rings (SSSR count). The lowest BCUT2D eigenvalue weighted by molar-refractivity contribution is -0.134. The van der Waals surface area contributed by atoms with Gasteiger partial charge in [-0.1, -0.05) is 36.8 Å². The number of carbonyl (C=O) groups excluding carboxylic acids is 1. The van der Waals surface area contributed by atoms with Gasteiger partial charge in [0.05, 0.1) is 12.2 Å². The third-order valence-electron chi connectivity index (χ3n) is 4.88. The van der Waals surface area contributed by atoms with Crippen LogP contribution in [-0.4, -0.2) is 42.3 Å². The van der Waals surface area contributed by atoms with Crippen molar-refractivity contribution in [3.05, 3.63) is 41.4 Å². The first-order valence-electron chi connectivity index (χ1n) is 9.56. The Morgan fingerprint density at radius 1 is 1.31 bits per heavy atom. The van der Waals surface area contributed by atoms with Crippen molar-refractivity contribution >= 4 is 5.91 Å². The molecule has 1 fully saturated rings. The summed E-state index contributed by atoms with van der Waals surface area (Å²) in [5.74, 6) is -0.0301. The first-order chi connectivity index (χ1) is 12.7. The van der Waals surface area contributed by atoms with Crippen molar-refractivity contribution < 1.29 is 4.79 Å². The van der Waals surface area contributed by atoms with E-state index in [2.05, 4.69) is 22.6 Å². The van der Waals surface area contributed by atoms with Crippen LogP contribution < -0.4 is 16.8 Å². The van der Waals surface area contributed by atoms with E-state index in [0.717, 1.165) is 32.1 Å². The summed E-state index contributed by atoms with van der Waals surface area (Å²) in [6, 6.07) is 9.81. The van der Waals surface area contributed by atoms with E-state index in [-0.39, 0.29) is 18.1 Å². The minimum Gasteiger partial charge on any atom is -0.710 e. The van der Waals surface area contributed by atoms with Crippen LogP contribution in [0.5, 0.6) is 0 Å². The fourth-order valence-electron chi connectivity index (χ4n) is 3.41. The molecule has 1 aliphatic heterocycles. The highest BCUT2D eigenvalue weighted by Gasteiger charge is 2.32. The molecule has 1 aromatic carbocycles. The summed E-state index contributed by atoms with van der Waals surface area (Å²) in [6.07, 6.45) is 4.89. The van der Waals surface area contributed by atoms with Crippen LogP contribution >= 0.6 is 0 Å². The minimum absolute atomic E-state index is 0.0301. The maximum atomic E-state index is 12.9. The van der Waals surface area contributed by atoms with E-state index in [0.29, 0.717) is 25.9 Å². The summed E-state index contributed by atoms with van der Waals surface area (Å²) < 4.78 is 0. The Labute approximate surface area is 156 Å². The average molecular weight is 359 g/mol. The summed E-state index contributed by atoms with van der Waals surface area (Å²) >= 11 is 0. The Bertz CT molecular complexity index is 552. The van der Waals surface area contributed by atoms with Gasteiger partial charge in [-0.05, 0) is 50.6 Å². The number of rotatable bonds is 11. The molecule has 7 heteroatoms. The number of amides is 1. The van der Waals surface area contributed by atoms with E-state index in [1.54, 1.807) is 4.90 Å². The summed E-state index contributed by atoms with van der Waals surface area (Å²) in [5.41, 5.74) is 22.2. The van der Waals surface area contributed by atoms with Crippen LogP contribution in [0.15, 0.2) is 35.4 Å². The largest absolute Gasteiger partial charge is 0.710 e. The first-order valence-corrected chi connectivity index (χ1v) is 9.56. The number of aryl methyl sites for hydroxylation is 1. The Morgan fingerprint density at radius 2 is 2.08 bits per heavy atom. The van der Waals surface area contributed by atoms with Crippen LogP contribution in [0.3, 0.4) is 0 Å². The zero-order valence-electron chi connectivity index (χ0n) is 15.4. The van der Waals surface area contributed by atoms with Gasteiger partial charge in [-0.25, -0.2) is 0 Å². The highest BCUT2D eigenvalue weighted by Crippen LogP contribution is 2.20. The van der Waals surface area contributed by atoms with Gasteiger partial charge in [-0.3, -0.25) is 10.1 Å². The van der Waals surface area contributed by atoms with E-state index in [1.165, 1.54) is 5.56 Å². The maximum Gasteiger partial charge on any atom is 0.241 e. The molecule has 0 radical (unpaired) electrons. The zero-order valence-corrected chi connectivity index (χ0v) is 15.4. The van der Waals surface area contributed by atoms with Crippen molar-refractivity contribution in [1.29, 1.82) is 0 Å². The second-order valence-corrected chi connectivity index (χ2v) is 6.90. The normalized spacial score (nSPS) is 19.3. The van der Waals surface area contributed by atoms with Crippen molar-refractivity contribution in [3.8, 4) is 0 Å². The third kappa shape index (κ3) is 6.16. The first kappa shape index (κ1) is 20.5. The number of hydrogen-bond acceptors (Lipinski definition) is 5. The second kappa shape index (κ2) is 11.0. The van der Waals surface area contributed by atoms with E-state index in [9.17, 15) is 4.79 Å². The topological polar surface area (TPSA) is 119 Å². The predicted octanol–water partition coefficient (Wildman–Crippen LogP) is 1.96. The smallest absolute Gasteiger partial charge is 0.241 e. The molecule has 1 aromatic rings. The van der Waals surface area contributed by atoms with Gasteiger partial charge in [-0.2, -0.15) is 0 Å². The highest BCUT2D eigenvalue weighted by molar-refractivity contribution is 5.82. The van der Waals surface area contributed by atoms with E-state index < -0.39 is 6.17 Å². The van der Waals surface area contributed by atoms with E-state index >= 15 is 0 Å². The van der Waals surface area contributed by atoms with E-state index in [1.807, 2.05) is 18.2 Å². The van der Waals surface area contributed by atoms with Crippen molar-refractivity contribution in [2.24, 2.45) is 16.6 Å². The molecule has 0 spiro atoms. The molecule has 3 unspecified atom stereocenters. The quantitative estimate of drug-likeness (QED) is 0.318. The molecule has 0 bridgehead atoms. The SMILES string of the molecule is [N-]=NC1CCCN1C(=O)C(CCCCN)NC(N)CCc1ccccc1. The van der Waals surface area contributed by atoms with Crippen LogP contribution in [0.4, 0.5) is 0 Å². The van der Waals surface area contributed by atoms with Crippen LogP contribution in [0.1, 0.15) is 44.1 Å². The highest BCUT2D eigenvalue weighted by atomic mass is 16.2. The molecular weight excluding hydrogens is 328 g/mol. The molecular formula is C19H31N6O-. The third-order valence-corrected chi connectivity index (χ3v) is 4.88. The lowest BCUT2D eigenvalue weighted by Crippen LogP contribution is -2.53. The standard InChI is InChI=1S/C19H31N6O/c20-13-5-4-9-16(19(26)25-14-6-10-18(25)24-22)23-17(21)12-11-15-7-2-1-3-8-15/h1-3,7-8,16-18,23H,4-6,9-14,20-21H2/q-1. The Morgan fingerprint density at radius 3 is 2.77 bits per heavy atom. The van der Waals surface area contributed by atoms with Crippen molar-refractivity contribution in [1.82, 2.24) is 10.2 Å². The van der Waals surface area contributed by atoms with Crippen LogP contribution in [0.2, 0.25) is 0 Å². The molecule has 3 atom stereocenters. The predicted molar refractivity (Wildman–Crippen MR) is 103 cm³/mol. The number of hydrogen-bond donors (Lipinski definition) is 3. The van der Waals surface area contributed by atoms with Gasteiger partial charge in [0.15, 0.2) is 0 Å². The Kier molecular flexibility index (Phi) is 8.67. The Balaban J connectivity index is 1.92. The van der Waals surface area contributed by atoms with Crippen molar-refractivity contribution in [3.63, 3.8) is 0 Å². The lowest BCUT2D eigenvalue weighted by atomic mass is 10.1. The molecule has 7 nitrogen and oxygen atoms in total. The number of carbonyl (C=O) groups is 1. The van der Waals surface area contributed by atoms with Gasteiger partial charge >= 0.3 is 0 Å². The summed E-state index contributed by atoms with van der Waals surface area (Å²) in [5, 5.41) is 6.64. The second-order valence-electron chi connectivity index (χ2n) is 6.90. The number of nitrogens with two attached hydrogens (primary N) is 2. The van der Waals surface area contributed by atoms with Crippen LogP contribution in [-0.2, 0) is 11.2 Å². The van der Waals surface area contributed by atoms with Crippen molar-refractivity contribution in [2.45, 2.75) is 63.3 Å². The lowest BCUT2D eigenvalue weighted by Gasteiger charge is -2.30. The molecule has 0 aromatic heterocycles. The summed E-state index contributed by atoms with van der Waals surface area (Å²) in [6.45, 7) is 1.24. The van der Waals surface area contributed by atoms with Gasteiger partial charge in [0.1, 0.15) is 6.17 Å². The van der Waals surface area contributed by atoms with E-state index in [4.69, 9.17) is 17.0 Å². The van der Waals surface area contributed by atoms with Crippen LogP contribution in [0, 0.1) is 0 Å². The van der Waals surface area contributed by atoms with Crippen LogP contribution in [0.25, 0.3) is 5.53 Å². The van der Waals surface area contributed by atoms with Gasteiger partial charge in [0.2, 0.25) is 5.91 Å². The van der Waals surface area contributed by atoms with Gasteiger partial charge in [0.25, 0.3) is 0 Å². The molecule has 1 saturated heterocycles. The molecule has 1 amide bonds. The number of nitrogens with zero attached hydrogens (tertiary/aromatic N) is 3. The monoisotopic (exact) mass is 359 g/mol. The Hall–Kier alpha value is -1.83. The zero-order chi connectivity index (χ0) is 18.8. The fourth-order valence-corrected chi connectivity index (χ4v) is 3.41. The minimum atomic E-state index is -0.429. The van der Waals surface area contributed by atoms with Gasteiger partial charge in [0, 0.05) is 6.54 Å². The molecule has 0 saturated carbocycles. The molecule has 26 heavy (non-hydrogen) atoms. The molecule has 5 N–H and O–H groups in total. The summed E-state index contributed by atoms with van der Waals surface area (Å²) in [7, 11) is 0. The molecule has 1 aliphatic rings. The molecule has 1 heterocycles. The number of likely N-dealkylation sites (tertiary alicyclic amines) is 1. The van der Waals surface area contributed by atoms with Gasteiger partial charge in [-0.15, -0.1) is 0 Å². The van der Waals surface area contributed by atoms with Crippen molar-refractivity contribution in [2.75, 3.05) is 13.1 Å². The van der Waals surface area contributed by atoms with Gasteiger partial charge < -0.3 is 27.0 Å². The fraction of sp³-hybridized carbons (Fsp3) is 0.632. The number of benzene rings is 1. The average Bonchev–Trinajstić information content (AvgIpc) is 3.15. The molecule has 0 aliphatic carbocycles.